The SMILES string of the molecule is CCC1Nc2ccc(Br)cc2S1.C[NH-].[Rb+]. The van der Waals surface area contributed by atoms with Crippen LogP contribution in [0.2, 0.25) is 0 Å². The number of fused-ring (bicyclic) bond motifs is 1. The van der Waals surface area contributed by atoms with Crippen molar-refractivity contribution in [3.8, 4) is 0 Å². The van der Waals surface area contributed by atoms with E-state index in [-0.39, 0.29) is 58.2 Å². The number of anilines is 1. The van der Waals surface area contributed by atoms with Crippen LogP contribution in [0.15, 0.2) is 27.6 Å². The van der Waals surface area contributed by atoms with Crippen molar-refractivity contribution in [2.45, 2.75) is 23.6 Å². The van der Waals surface area contributed by atoms with E-state index in [0.717, 1.165) is 10.9 Å². The molecule has 0 bridgehead atoms. The monoisotopic (exact) mass is 358 g/mol. The summed E-state index contributed by atoms with van der Waals surface area (Å²) in [7, 11) is 1.25. The van der Waals surface area contributed by atoms with Crippen LogP contribution in [0, 0.1) is 0 Å². The summed E-state index contributed by atoms with van der Waals surface area (Å²) < 4.78 is 1.16. The molecule has 2 rings (SSSR count). The third-order valence-electron chi connectivity index (χ3n) is 1.90. The maximum absolute atomic E-state index is 5.75. The number of hydrogen-bond donors (Lipinski definition) is 1. The van der Waals surface area contributed by atoms with E-state index < -0.39 is 0 Å². The van der Waals surface area contributed by atoms with Crippen LogP contribution < -0.4 is 63.5 Å². The van der Waals surface area contributed by atoms with E-state index in [1.165, 1.54) is 17.6 Å². The maximum atomic E-state index is 5.75. The number of halogens is 1. The Labute approximate surface area is 153 Å². The van der Waals surface area contributed by atoms with Crippen molar-refractivity contribution >= 4 is 33.4 Å². The minimum Gasteiger partial charge on any atom is -0.680 e. The first-order valence-electron chi connectivity index (χ1n) is 4.52. The minimum atomic E-state index is 0. The Morgan fingerprint density at radius 3 is 2.73 bits per heavy atom. The first-order valence-corrected chi connectivity index (χ1v) is 6.19. The standard InChI is InChI=1S/C9H10BrNS.CH4N.Rb/c1-2-9-11-7-4-3-6(10)5-8(7)12-9;1-2;/h3-5,9,11H,2H2,1H3;2H,1H3;/q;-1;+1. The molecule has 0 amide bonds. The molecule has 0 radical (unpaired) electrons. The summed E-state index contributed by atoms with van der Waals surface area (Å²) in [5, 5.41) is 4.02. The Kier molecular flexibility index (Phi) is 9.60. The summed E-state index contributed by atoms with van der Waals surface area (Å²) in [4.78, 5) is 1.36. The number of thioether (sulfide) groups is 1. The van der Waals surface area contributed by atoms with E-state index in [1.54, 1.807) is 0 Å². The summed E-state index contributed by atoms with van der Waals surface area (Å²) in [6.45, 7) is 2.20. The topological polar surface area (TPSA) is 35.8 Å². The van der Waals surface area contributed by atoms with E-state index in [2.05, 4.69) is 46.4 Å². The normalized spacial score (nSPS) is 16.7. The predicted molar refractivity (Wildman–Crippen MR) is 67.9 cm³/mol. The van der Waals surface area contributed by atoms with Crippen LogP contribution in [-0.4, -0.2) is 12.4 Å². The maximum Gasteiger partial charge on any atom is 1.00 e. The largest absolute Gasteiger partial charge is 1.00 e. The summed E-state index contributed by atoms with van der Waals surface area (Å²) in [6, 6.07) is 6.37. The second-order valence-electron chi connectivity index (χ2n) is 2.80. The number of benzene rings is 1. The molecule has 15 heavy (non-hydrogen) atoms. The molecule has 1 aliphatic heterocycles. The quantitative estimate of drug-likeness (QED) is 0.822. The molecule has 0 spiro atoms. The molecule has 0 aliphatic carbocycles. The van der Waals surface area contributed by atoms with Gasteiger partial charge in [0.15, 0.2) is 0 Å². The molecule has 0 aromatic heterocycles. The van der Waals surface area contributed by atoms with Crippen LogP contribution >= 0.6 is 27.7 Å². The molecular weight excluding hydrogens is 346 g/mol. The van der Waals surface area contributed by atoms with Gasteiger partial charge in [-0.1, -0.05) is 34.6 Å². The van der Waals surface area contributed by atoms with Gasteiger partial charge in [-0.3, -0.25) is 0 Å². The average molecular weight is 360 g/mol. The fourth-order valence-corrected chi connectivity index (χ4v) is 2.88. The van der Waals surface area contributed by atoms with Crippen molar-refractivity contribution in [2.75, 3.05) is 12.4 Å². The Morgan fingerprint density at radius 1 is 1.47 bits per heavy atom. The molecule has 1 atom stereocenters. The average Bonchev–Trinajstić information content (AvgIpc) is 2.62. The third kappa shape index (κ3) is 4.78. The number of rotatable bonds is 1. The minimum absolute atomic E-state index is 0. The van der Waals surface area contributed by atoms with Gasteiger partial charge in [-0.15, -0.1) is 0 Å². The van der Waals surface area contributed by atoms with Crippen LogP contribution in [0.1, 0.15) is 13.3 Å². The Balaban J connectivity index is 0.000000617. The molecule has 1 aliphatic rings. The van der Waals surface area contributed by atoms with Gasteiger partial charge in [-0.2, -0.15) is 7.05 Å². The molecule has 1 aromatic rings. The van der Waals surface area contributed by atoms with Crippen LogP contribution in [0.3, 0.4) is 0 Å². The van der Waals surface area contributed by atoms with Crippen molar-refractivity contribution in [2.24, 2.45) is 0 Å². The summed E-state index contributed by atoms with van der Waals surface area (Å²) in [5.74, 6) is 0. The summed E-state index contributed by atoms with van der Waals surface area (Å²) in [6.07, 6.45) is 1.16. The van der Waals surface area contributed by atoms with Gasteiger partial charge in [0.2, 0.25) is 0 Å². The molecule has 0 saturated carbocycles. The van der Waals surface area contributed by atoms with Crippen molar-refractivity contribution in [3.63, 3.8) is 0 Å². The second-order valence-corrected chi connectivity index (χ2v) is 4.96. The zero-order valence-electron chi connectivity index (χ0n) is 9.30. The van der Waals surface area contributed by atoms with Gasteiger partial charge in [-0.05, 0) is 24.6 Å². The zero-order chi connectivity index (χ0) is 10.6. The molecule has 0 fully saturated rings. The first-order chi connectivity index (χ1) is 6.79. The Bertz CT molecular complexity index is 309. The van der Waals surface area contributed by atoms with Crippen molar-refractivity contribution < 1.29 is 58.2 Å². The van der Waals surface area contributed by atoms with Crippen molar-refractivity contribution in [3.05, 3.63) is 28.4 Å². The molecule has 1 heterocycles. The van der Waals surface area contributed by atoms with E-state index in [0.29, 0.717) is 5.37 Å². The summed E-state index contributed by atoms with van der Waals surface area (Å²) >= 11 is 5.37. The van der Waals surface area contributed by atoms with Gasteiger partial charge in [0.1, 0.15) is 0 Å². The van der Waals surface area contributed by atoms with Crippen LogP contribution in [0.5, 0.6) is 0 Å². The van der Waals surface area contributed by atoms with Crippen LogP contribution in [-0.2, 0) is 0 Å². The summed E-state index contributed by atoms with van der Waals surface area (Å²) in [5.41, 5.74) is 7.02. The Hall–Kier alpha value is 1.62. The Morgan fingerprint density at radius 2 is 2.13 bits per heavy atom. The number of nitrogens with one attached hydrogen (secondary N) is 2. The molecule has 2 nitrogen and oxygen atoms in total. The van der Waals surface area contributed by atoms with Gasteiger partial charge in [0, 0.05) is 15.1 Å². The second kappa shape index (κ2) is 8.67. The van der Waals surface area contributed by atoms with Gasteiger partial charge in [0.05, 0.1) is 5.37 Å². The number of hydrogen-bond acceptors (Lipinski definition) is 2. The zero-order valence-corrected chi connectivity index (χ0v) is 16.6. The van der Waals surface area contributed by atoms with Crippen LogP contribution in [0.4, 0.5) is 5.69 Å². The predicted octanol–water partition coefficient (Wildman–Crippen LogP) is 1.38. The molecule has 0 saturated heterocycles. The fourth-order valence-electron chi connectivity index (χ4n) is 1.25. The molecule has 1 aromatic carbocycles. The fraction of sp³-hybridized carbons (Fsp3) is 0.400. The van der Waals surface area contributed by atoms with Crippen molar-refractivity contribution in [1.29, 1.82) is 0 Å². The molecule has 1 unspecified atom stereocenters. The van der Waals surface area contributed by atoms with E-state index in [1.807, 2.05) is 11.8 Å². The third-order valence-corrected chi connectivity index (χ3v) is 3.72. The van der Waals surface area contributed by atoms with Gasteiger partial charge >= 0.3 is 58.2 Å². The van der Waals surface area contributed by atoms with E-state index in [9.17, 15) is 0 Å². The molecular formula is C10H14BrN2RbS. The van der Waals surface area contributed by atoms with Gasteiger partial charge in [0.25, 0.3) is 0 Å². The smallest absolute Gasteiger partial charge is 0.680 e. The molecule has 78 valence electrons. The van der Waals surface area contributed by atoms with E-state index in [4.69, 9.17) is 5.73 Å². The van der Waals surface area contributed by atoms with E-state index >= 15 is 0 Å². The molecule has 5 heteroatoms. The van der Waals surface area contributed by atoms with Crippen LogP contribution in [0.25, 0.3) is 5.73 Å². The van der Waals surface area contributed by atoms with Gasteiger partial charge in [-0.25, -0.2) is 0 Å². The van der Waals surface area contributed by atoms with Gasteiger partial charge < -0.3 is 11.1 Å². The first kappa shape index (κ1) is 16.6. The van der Waals surface area contributed by atoms with Crippen molar-refractivity contribution in [1.82, 2.24) is 0 Å². The molecule has 2 N–H and O–H groups in total.